The summed E-state index contributed by atoms with van der Waals surface area (Å²) in [6, 6.07) is 0. The van der Waals surface area contributed by atoms with Crippen LogP contribution in [0.5, 0.6) is 0 Å². The van der Waals surface area contributed by atoms with Gasteiger partial charge >= 0.3 is 42.4 Å². The molecule has 8 heavy (non-hydrogen) atoms. The van der Waals surface area contributed by atoms with Crippen LogP contribution in [0.1, 0.15) is 0 Å². The van der Waals surface area contributed by atoms with Gasteiger partial charge in [0, 0.05) is 0 Å². The standard InChI is InChI=1S/CH2O3.Al.Li.2H2O/c2-1(3)4;;;;/h(H2,2,3,4);;;2*1H2/q;+3;+1;;. The zero-order valence-electron chi connectivity index (χ0n) is 4.38. The molecule has 0 aromatic rings. The van der Waals surface area contributed by atoms with Crippen LogP contribution in [0.25, 0.3) is 0 Å². The van der Waals surface area contributed by atoms with E-state index in [0.29, 0.717) is 0 Å². The summed E-state index contributed by atoms with van der Waals surface area (Å²) >= 11 is 0. The van der Waals surface area contributed by atoms with E-state index in [1.54, 1.807) is 0 Å². The summed E-state index contributed by atoms with van der Waals surface area (Å²) in [4.78, 5) is 8.56. The quantitative estimate of drug-likeness (QED) is 0.321. The average molecular weight is 132 g/mol. The fraction of sp³-hybridized carbons (Fsp3) is 0. The molecule has 5 nitrogen and oxygen atoms in total. The largest absolute Gasteiger partial charge is 3.00 e. The Morgan fingerprint density at radius 3 is 1.12 bits per heavy atom. The predicted octanol–water partition coefficient (Wildman–Crippen LogP) is -4.80. The molecule has 40 valence electrons. The second kappa shape index (κ2) is 26.5. The Balaban J connectivity index is -0.00000000750. The van der Waals surface area contributed by atoms with Crippen molar-refractivity contribution in [2.24, 2.45) is 0 Å². The third-order valence-electron chi connectivity index (χ3n) is 0. The SMILES string of the molecule is O.O.O=C(O)O.[Al+3].[Li+]. The maximum atomic E-state index is 8.56. The van der Waals surface area contributed by atoms with Crippen molar-refractivity contribution >= 4 is 23.5 Å². The van der Waals surface area contributed by atoms with E-state index in [1.165, 1.54) is 0 Å². The molecular formula is CH6AlLiO5+4. The molecule has 7 heteroatoms. The van der Waals surface area contributed by atoms with Gasteiger partial charge in [-0.3, -0.25) is 0 Å². The number of rotatable bonds is 0. The zero-order chi connectivity index (χ0) is 3.58. The van der Waals surface area contributed by atoms with E-state index in [9.17, 15) is 0 Å². The molecule has 0 spiro atoms. The molecule has 0 unspecified atom stereocenters. The van der Waals surface area contributed by atoms with Crippen molar-refractivity contribution in [3.05, 3.63) is 0 Å². The summed E-state index contributed by atoms with van der Waals surface area (Å²) in [5.74, 6) is 0. The zero-order valence-corrected chi connectivity index (χ0v) is 5.53. The summed E-state index contributed by atoms with van der Waals surface area (Å²) in [5, 5.41) is 13.9. The minimum absolute atomic E-state index is 0. The first-order valence-corrected chi connectivity index (χ1v) is 0.651. The van der Waals surface area contributed by atoms with Crippen molar-refractivity contribution in [3.8, 4) is 0 Å². The fourth-order valence-electron chi connectivity index (χ4n) is 0. The molecule has 0 aliphatic heterocycles. The van der Waals surface area contributed by atoms with Crippen LogP contribution in [0.2, 0.25) is 0 Å². The maximum absolute atomic E-state index is 8.56. The first-order chi connectivity index (χ1) is 1.73. The second-order valence-electron chi connectivity index (χ2n) is 0.283. The molecule has 0 aromatic heterocycles. The Hall–Kier alpha value is 0.320. The van der Waals surface area contributed by atoms with Crippen molar-refractivity contribution in [1.82, 2.24) is 0 Å². The van der Waals surface area contributed by atoms with E-state index < -0.39 is 6.16 Å². The van der Waals surface area contributed by atoms with Gasteiger partial charge in [0.25, 0.3) is 0 Å². The van der Waals surface area contributed by atoms with Crippen LogP contribution in [0.4, 0.5) is 4.79 Å². The monoisotopic (exact) mass is 132 g/mol. The van der Waals surface area contributed by atoms with E-state index in [-0.39, 0.29) is 47.2 Å². The first-order valence-electron chi connectivity index (χ1n) is 0.651. The summed E-state index contributed by atoms with van der Waals surface area (Å²) in [6.07, 6.45) is -1.83. The molecule has 0 rings (SSSR count). The Kier molecular flexibility index (Phi) is 134. The molecule has 0 radical (unpaired) electrons. The predicted molar refractivity (Wildman–Crippen MR) is 23.6 cm³/mol. The van der Waals surface area contributed by atoms with Gasteiger partial charge in [0.1, 0.15) is 0 Å². The number of hydrogen-bond acceptors (Lipinski definition) is 1. The topological polar surface area (TPSA) is 121 Å². The van der Waals surface area contributed by atoms with Crippen LogP contribution in [-0.2, 0) is 0 Å². The molecule has 0 aliphatic carbocycles. The van der Waals surface area contributed by atoms with E-state index in [1.807, 2.05) is 0 Å². The van der Waals surface area contributed by atoms with Gasteiger partial charge in [0.05, 0.1) is 0 Å². The van der Waals surface area contributed by atoms with Crippen molar-refractivity contribution in [2.75, 3.05) is 0 Å². The van der Waals surface area contributed by atoms with Crippen LogP contribution < -0.4 is 18.9 Å². The average Bonchev–Trinajstić information content (AvgIpc) is 0.811. The molecule has 0 fully saturated rings. The minimum Gasteiger partial charge on any atom is -0.450 e. The van der Waals surface area contributed by atoms with E-state index in [4.69, 9.17) is 15.0 Å². The Morgan fingerprint density at radius 1 is 1.12 bits per heavy atom. The summed E-state index contributed by atoms with van der Waals surface area (Å²) in [7, 11) is 0. The van der Waals surface area contributed by atoms with Gasteiger partial charge in [-0.1, -0.05) is 0 Å². The smallest absolute Gasteiger partial charge is 0.450 e. The van der Waals surface area contributed by atoms with E-state index >= 15 is 0 Å². The molecule has 0 heterocycles. The van der Waals surface area contributed by atoms with Gasteiger partial charge in [0.2, 0.25) is 0 Å². The van der Waals surface area contributed by atoms with Crippen molar-refractivity contribution in [2.45, 2.75) is 0 Å². The molecule has 0 amide bonds. The van der Waals surface area contributed by atoms with Gasteiger partial charge in [-0.2, -0.15) is 0 Å². The van der Waals surface area contributed by atoms with Gasteiger partial charge in [0.15, 0.2) is 0 Å². The molecular weight excluding hydrogens is 126 g/mol. The summed E-state index contributed by atoms with van der Waals surface area (Å²) in [5.41, 5.74) is 0. The molecule has 0 bridgehead atoms. The van der Waals surface area contributed by atoms with E-state index in [0.717, 1.165) is 0 Å². The van der Waals surface area contributed by atoms with Gasteiger partial charge in [-0.05, 0) is 0 Å². The number of carbonyl (C=O) groups is 1. The second-order valence-corrected chi connectivity index (χ2v) is 0.283. The molecule has 0 saturated carbocycles. The van der Waals surface area contributed by atoms with Gasteiger partial charge in [-0.15, -0.1) is 0 Å². The Morgan fingerprint density at radius 2 is 1.12 bits per heavy atom. The van der Waals surface area contributed by atoms with Crippen LogP contribution >= 0.6 is 0 Å². The van der Waals surface area contributed by atoms with E-state index in [2.05, 4.69) is 0 Å². The molecule has 0 aliphatic rings. The van der Waals surface area contributed by atoms with Gasteiger partial charge in [-0.25, -0.2) is 4.79 Å². The van der Waals surface area contributed by atoms with Crippen molar-refractivity contribution < 1.29 is 44.8 Å². The first kappa shape index (κ1) is 40.4. The van der Waals surface area contributed by atoms with Crippen LogP contribution in [0, 0.1) is 0 Å². The van der Waals surface area contributed by atoms with Crippen LogP contribution in [0.3, 0.4) is 0 Å². The molecule has 6 N–H and O–H groups in total. The number of carboxylic acid groups (broad SMARTS) is 2. The summed E-state index contributed by atoms with van der Waals surface area (Å²) < 4.78 is 0. The summed E-state index contributed by atoms with van der Waals surface area (Å²) in [6.45, 7) is 0. The van der Waals surface area contributed by atoms with Crippen molar-refractivity contribution in [3.63, 3.8) is 0 Å². The normalized spacial score (nSPS) is 3.00. The molecule has 0 atom stereocenters. The third kappa shape index (κ3) is 1750. The molecule has 0 aromatic carbocycles. The minimum atomic E-state index is -1.83. The Bertz CT molecular complexity index is 35.4. The Labute approximate surface area is 68.6 Å². The van der Waals surface area contributed by atoms with Crippen LogP contribution in [0.15, 0.2) is 0 Å². The van der Waals surface area contributed by atoms with Crippen LogP contribution in [-0.4, -0.2) is 44.7 Å². The molecule has 0 saturated heterocycles. The fourth-order valence-corrected chi connectivity index (χ4v) is 0. The van der Waals surface area contributed by atoms with Gasteiger partial charge < -0.3 is 21.2 Å². The third-order valence-corrected chi connectivity index (χ3v) is 0. The maximum Gasteiger partial charge on any atom is 3.00 e. The number of hydrogen-bond donors (Lipinski definition) is 2. The van der Waals surface area contributed by atoms with Crippen molar-refractivity contribution in [1.29, 1.82) is 0 Å².